The van der Waals surface area contributed by atoms with E-state index in [-0.39, 0.29) is 5.92 Å². The van der Waals surface area contributed by atoms with Gasteiger partial charge in [0, 0.05) is 0 Å². The smallest absolute Gasteiger partial charge is 0.144 e. The van der Waals surface area contributed by atoms with Gasteiger partial charge in [0.15, 0.2) is 0 Å². The third-order valence-corrected chi connectivity index (χ3v) is 3.08. The van der Waals surface area contributed by atoms with Gasteiger partial charge in [0.1, 0.15) is 5.41 Å². The molecule has 0 rings (SSSR count). The van der Waals surface area contributed by atoms with Gasteiger partial charge in [-0.2, -0.15) is 0 Å². The monoisotopic (exact) mass is 190 g/mol. The maximum absolute atomic E-state index is 13.7. The van der Waals surface area contributed by atoms with Crippen molar-refractivity contribution in [2.75, 3.05) is 0 Å². The van der Waals surface area contributed by atoms with E-state index < -0.39 is 5.41 Å². The highest BCUT2D eigenvalue weighted by Gasteiger charge is 2.25. The quantitative estimate of drug-likeness (QED) is 0.469. The first-order valence-electron chi connectivity index (χ1n) is 4.44. The molecule has 0 aliphatic carbocycles. The molecule has 0 aliphatic rings. The molecule has 0 aromatic heterocycles. The lowest BCUT2D eigenvalue weighted by molar-refractivity contribution is 0.269. The number of halogens is 1. The van der Waals surface area contributed by atoms with Crippen LogP contribution in [0.2, 0.25) is 0 Å². The number of alkyl halides is 1. The van der Waals surface area contributed by atoms with Gasteiger partial charge >= 0.3 is 0 Å². The molecule has 0 fully saturated rings. The van der Waals surface area contributed by atoms with Crippen molar-refractivity contribution in [2.45, 2.75) is 40.0 Å². The van der Waals surface area contributed by atoms with E-state index in [4.69, 9.17) is 0 Å². The molecule has 2 heteroatoms. The van der Waals surface area contributed by atoms with Crippen LogP contribution in [0, 0.1) is 11.8 Å². The van der Waals surface area contributed by atoms with Crippen molar-refractivity contribution in [3.63, 3.8) is 0 Å². The van der Waals surface area contributed by atoms with Crippen LogP contribution in [0.5, 0.6) is 0 Å². The molecule has 0 aromatic carbocycles. The predicted octanol–water partition coefficient (Wildman–Crippen LogP) is 3.79. The van der Waals surface area contributed by atoms with Crippen molar-refractivity contribution in [2.24, 2.45) is 11.8 Å². The van der Waals surface area contributed by atoms with Crippen LogP contribution >= 0.6 is 9.24 Å². The van der Waals surface area contributed by atoms with Gasteiger partial charge < -0.3 is 0 Å². The standard InChI is InChI=1S/C10H20FP/c1-7(2)9(5)6-10(11,12)8(3)4/h6-8H,12H2,1-5H3/b9-6+. The first-order chi connectivity index (χ1) is 5.27. The maximum Gasteiger partial charge on any atom is 0.144 e. The Hall–Kier alpha value is 0.100. The fraction of sp³-hybridized carbons (Fsp3) is 0.800. The second-order valence-electron chi connectivity index (χ2n) is 4.03. The minimum atomic E-state index is -1.24. The molecule has 2 unspecified atom stereocenters. The highest BCUT2D eigenvalue weighted by molar-refractivity contribution is 7.19. The third kappa shape index (κ3) is 3.67. The zero-order chi connectivity index (χ0) is 9.94. The molecule has 0 bridgehead atoms. The van der Waals surface area contributed by atoms with Gasteiger partial charge in [0.25, 0.3) is 0 Å². The molecular weight excluding hydrogens is 170 g/mol. The average molecular weight is 190 g/mol. The van der Waals surface area contributed by atoms with Gasteiger partial charge in [-0.1, -0.05) is 42.5 Å². The maximum atomic E-state index is 13.7. The lowest BCUT2D eigenvalue weighted by atomic mass is 9.99. The average Bonchev–Trinajstić information content (AvgIpc) is 1.85. The van der Waals surface area contributed by atoms with Gasteiger partial charge in [-0.15, -0.1) is 0 Å². The first kappa shape index (κ1) is 12.1. The van der Waals surface area contributed by atoms with Crippen LogP contribution in [0.15, 0.2) is 11.6 Å². The van der Waals surface area contributed by atoms with Crippen molar-refractivity contribution in [1.29, 1.82) is 0 Å². The Labute approximate surface area is 77.8 Å². The van der Waals surface area contributed by atoms with Crippen LogP contribution in [0.25, 0.3) is 0 Å². The summed E-state index contributed by atoms with van der Waals surface area (Å²) in [5, 5.41) is -1.24. The third-order valence-electron chi connectivity index (χ3n) is 2.24. The molecule has 72 valence electrons. The summed E-state index contributed by atoms with van der Waals surface area (Å²) in [6.07, 6.45) is 1.72. The zero-order valence-electron chi connectivity index (χ0n) is 8.69. The van der Waals surface area contributed by atoms with Crippen molar-refractivity contribution in [3.8, 4) is 0 Å². The minimum absolute atomic E-state index is 0.0104. The van der Waals surface area contributed by atoms with E-state index in [2.05, 4.69) is 23.1 Å². The molecule has 0 aromatic rings. The summed E-state index contributed by atoms with van der Waals surface area (Å²) in [5.74, 6) is 0.440. The Morgan fingerprint density at radius 2 is 1.75 bits per heavy atom. The first-order valence-corrected chi connectivity index (χ1v) is 5.02. The van der Waals surface area contributed by atoms with Crippen LogP contribution in [0.4, 0.5) is 4.39 Å². The molecule has 0 radical (unpaired) electrons. The van der Waals surface area contributed by atoms with Gasteiger partial charge in [-0.05, 0) is 24.8 Å². The van der Waals surface area contributed by atoms with Crippen LogP contribution < -0.4 is 0 Å². The Morgan fingerprint density at radius 1 is 1.33 bits per heavy atom. The summed E-state index contributed by atoms with van der Waals surface area (Å²) in [7, 11) is 2.28. The molecule has 0 nitrogen and oxygen atoms in total. The Kier molecular flexibility index (Phi) is 4.40. The van der Waals surface area contributed by atoms with Gasteiger partial charge in [-0.3, -0.25) is 0 Å². The van der Waals surface area contributed by atoms with Gasteiger partial charge in [-0.25, -0.2) is 4.39 Å². The molecule has 0 spiro atoms. The highest BCUT2D eigenvalue weighted by atomic mass is 31.0. The van der Waals surface area contributed by atoms with Crippen LogP contribution in [-0.2, 0) is 0 Å². The van der Waals surface area contributed by atoms with Gasteiger partial charge in [0.2, 0.25) is 0 Å². The van der Waals surface area contributed by atoms with E-state index >= 15 is 0 Å². The number of allylic oxidation sites excluding steroid dienone is 2. The topological polar surface area (TPSA) is 0 Å². The summed E-state index contributed by atoms with van der Waals surface area (Å²) in [6.45, 7) is 9.90. The molecule has 0 N–H and O–H groups in total. The second kappa shape index (κ2) is 4.37. The number of hydrogen-bond acceptors (Lipinski definition) is 0. The van der Waals surface area contributed by atoms with Crippen molar-refractivity contribution >= 4 is 9.24 Å². The van der Waals surface area contributed by atoms with Crippen molar-refractivity contribution in [1.82, 2.24) is 0 Å². The van der Waals surface area contributed by atoms with Gasteiger partial charge in [0.05, 0.1) is 0 Å². The molecular formula is C10H20FP. The summed E-state index contributed by atoms with van der Waals surface area (Å²) in [5.41, 5.74) is 1.11. The molecule has 0 aliphatic heterocycles. The zero-order valence-corrected chi connectivity index (χ0v) is 9.84. The van der Waals surface area contributed by atoms with E-state index in [1.165, 1.54) is 0 Å². The Balaban J connectivity index is 4.50. The lowest BCUT2D eigenvalue weighted by Gasteiger charge is -2.22. The van der Waals surface area contributed by atoms with E-state index in [9.17, 15) is 4.39 Å². The molecule has 0 amide bonds. The largest absolute Gasteiger partial charge is 0.235 e. The minimum Gasteiger partial charge on any atom is -0.235 e. The molecule has 12 heavy (non-hydrogen) atoms. The van der Waals surface area contributed by atoms with E-state index in [1.807, 2.05) is 20.8 Å². The van der Waals surface area contributed by atoms with E-state index in [0.29, 0.717) is 5.92 Å². The van der Waals surface area contributed by atoms with Crippen LogP contribution in [0.1, 0.15) is 34.6 Å². The van der Waals surface area contributed by atoms with Crippen LogP contribution in [-0.4, -0.2) is 5.41 Å². The normalized spacial score (nSPS) is 18.6. The fourth-order valence-corrected chi connectivity index (χ4v) is 0.945. The second-order valence-corrected chi connectivity index (χ2v) is 4.91. The Bertz CT molecular complexity index is 169. The molecule has 0 saturated heterocycles. The van der Waals surface area contributed by atoms with Crippen LogP contribution in [0.3, 0.4) is 0 Å². The molecule has 2 atom stereocenters. The SMILES string of the molecule is C/C(=C\C(F)(P)C(C)C)C(C)C. The predicted molar refractivity (Wildman–Crippen MR) is 57.0 cm³/mol. The Morgan fingerprint density at radius 3 is 2.00 bits per heavy atom. The summed E-state index contributed by atoms with van der Waals surface area (Å²) >= 11 is 0. The summed E-state index contributed by atoms with van der Waals surface area (Å²) < 4.78 is 13.7. The van der Waals surface area contributed by atoms with E-state index in [0.717, 1.165) is 5.57 Å². The van der Waals surface area contributed by atoms with Crippen molar-refractivity contribution in [3.05, 3.63) is 11.6 Å². The number of rotatable bonds is 3. The summed E-state index contributed by atoms with van der Waals surface area (Å²) in [6, 6.07) is 0. The fourth-order valence-electron chi connectivity index (χ4n) is 0.682. The lowest BCUT2D eigenvalue weighted by Crippen LogP contribution is -2.19. The number of hydrogen-bond donors (Lipinski definition) is 0. The molecule has 0 heterocycles. The summed E-state index contributed by atoms with van der Waals surface area (Å²) in [4.78, 5) is 0. The molecule has 0 saturated carbocycles. The van der Waals surface area contributed by atoms with E-state index in [1.54, 1.807) is 6.08 Å². The van der Waals surface area contributed by atoms with Crippen molar-refractivity contribution < 1.29 is 4.39 Å². The highest BCUT2D eigenvalue weighted by Crippen LogP contribution is 2.33.